The number of benzene rings is 1. The maximum Gasteiger partial charge on any atom is 0.348 e. The van der Waals surface area contributed by atoms with Crippen LogP contribution in [0.2, 0.25) is 0 Å². The average Bonchev–Trinajstić information content (AvgIpc) is 3.04. The Morgan fingerprint density at radius 3 is 2.39 bits per heavy atom. The van der Waals surface area contributed by atoms with Crippen LogP contribution in [0.4, 0.5) is 16.4 Å². The Morgan fingerprint density at radius 1 is 1.16 bits per heavy atom. The summed E-state index contributed by atoms with van der Waals surface area (Å²) in [6, 6.07) is 4.24. The van der Waals surface area contributed by atoms with Gasteiger partial charge in [-0.2, -0.15) is 0 Å². The van der Waals surface area contributed by atoms with Crippen LogP contribution in [0.1, 0.15) is 39.4 Å². The van der Waals surface area contributed by atoms with Gasteiger partial charge in [-0.15, -0.1) is 11.3 Å². The molecular formula is C19H21N3O7S2. The monoisotopic (exact) mass is 467 g/mol. The summed E-state index contributed by atoms with van der Waals surface area (Å²) in [6.45, 7) is 5.25. The molecule has 0 saturated carbocycles. The van der Waals surface area contributed by atoms with Gasteiger partial charge in [-0.3, -0.25) is 10.1 Å². The van der Waals surface area contributed by atoms with Gasteiger partial charge in [-0.05, 0) is 50.7 Å². The van der Waals surface area contributed by atoms with Gasteiger partial charge in [0.2, 0.25) is 0 Å². The number of carbonyl (C=O) groups excluding carboxylic acids is 2. The van der Waals surface area contributed by atoms with Crippen molar-refractivity contribution in [2.45, 2.75) is 20.8 Å². The van der Waals surface area contributed by atoms with E-state index in [0.29, 0.717) is 11.3 Å². The van der Waals surface area contributed by atoms with Gasteiger partial charge < -0.3 is 24.8 Å². The molecule has 2 N–H and O–H groups in total. The minimum absolute atomic E-state index is 0.0181. The summed E-state index contributed by atoms with van der Waals surface area (Å²) in [5, 5.41) is 17.2. The third kappa shape index (κ3) is 5.67. The SMILES string of the molecule is CCOC(=O)c1sc(NC(=S)Nc2ccc(OC)cc2[N+](=O)[O-])c(C(=O)OCC)c1C. The summed E-state index contributed by atoms with van der Waals surface area (Å²) >= 11 is 6.24. The molecule has 0 aliphatic rings. The number of hydrogen-bond donors (Lipinski definition) is 2. The highest BCUT2D eigenvalue weighted by Crippen LogP contribution is 2.35. The number of hydrogen-bond acceptors (Lipinski definition) is 9. The molecule has 1 aromatic heterocycles. The lowest BCUT2D eigenvalue weighted by molar-refractivity contribution is -0.384. The fraction of sp³-hybridized carbons (Fsp3) is 0.316. The van der Waals surface area contributed by atoms with Crippen LogP contribution in [0.3, 0.4) is 0 Å². The van der Waals surface area contributed by atoms with Crippen molar-refractivity contribution in [3.63, 3.8) is 0 Å². The lowest BCUT2D eigenvalue weighted by Crippen LogP contribution is -2.21. The van der Waals surface area contributed by atoms with Gasteiger partial charge in [0, 0.05) is 0 Å². The Hall–Kier alpha value is -3.25. The van der Waals surface area contributed by atoms with Crippen molar-refractivity contribution >= 4 is 57.0 Å². The second-order valence-corrected chi connectivity index (χ2v) is 7.35. The number of rotatable bonds is 8. The zero-order valence-electron chi connectivity index (χ0n) is 17.3. The number of thiophene rings is 1. The first-order valence-corrected chi connectivity index (χ1v) is 10.3. The molecule has 0 amide bonds. The first-order valence-electron chi connectivity index (χ1n) is 9.11. The van der Waals surface area contributed by atoms with E-state index in [2.05, 4.69) is 10.6 Å². The predicted octanol–water partition coefficient (Wildman–Crippen LogP) is 4.14. The molecule has 0 bridgehead atoms. The van der Waals surface area contributed by atoms with E-state index in [1.165, 1.54) is 25.3 Å². The molecule has 0 saturated heterocycles. The van der Waals surface area contributed by atoms with Gasteiger partial charge in [-0.1, -0.05) is 0 Å². The highest BCUT2D eigenvalue weighted by molar-refractivity contribution is 7.80. The summed E-state index contributed by atoms with van der Waals surface area (Å²) in [5.41, 5.74) is 0.412. The van der Waals surface area contributed by atoms with E-state index in [4.69, 9.17) is 26.4 Å². The van der Waals surface area contributed by atoms with Crippen LogP contribution in [0.15, 0.2) is 18.2 Å². The molecule has 0 unspecified atom stereocenters. The molecule has 0 radical (unpaired) electrons. The lowest BCUT2D eigenvalue weighted by atomic mass is 10.1. The van der Waals surface area contributed by atoms with Crippen molar-refractivity contribution in [1.29, 1.82) is 0 Å². The van der Waals surface area contributed by atoms with Crippen LogP contribution in [0.25, 0.3) is 0 Å². The number of nitro benzene ring substituents is 1. The number of esters is 2. The quantitative estimate of drug-likeness (QED) is 0.253. The summed E-state index contributed by atoms with van der Waals surface area (Å²) in [6.07, 6.45) is 0. The number of ether oxygens (including phenoxy) is 3. The van der Waals surface area contributed by atoms with E-state index in [1.54, 1.807) is 20.8 Å². The van der Waals surface area contributed by atoms with Gasteiger partial charge in [0.25, 0.3) is 5.69 Å². The number of methoxy groups -OCH3 is 1. The van der Waals surface area contributed by atoms with Gasteiger partial charge in [-0.25, -0.2) is 9.59 Å². The maximum atomic E-state index is 12.5. The van der Waals surface area contributed by atoms with Crippen LogP contribution in [-0.4, -0.2) is 42.3 Å². The molecule has 1 aromatic carbocycles. The van der Waals surface area contributed by atoms with E-state index in [0.717, 1.165) is 11.3 Å². The Balaban J connectivity index is 2.36. The van der Waals surface area contributed by atoms with Crippen molar-refractivity contribution in [2.24, 2.45) is 0 Å². The molecule has 12 heteroatoms. The highest BCUT2D eigenvalue weighted by Gasteiger charge is 2.27. The fourth-order valence-electron chi connectivity index (χ4n) is 2.59. The number of carbonyl (C=O) groups is 2. The minimum atomic E-state index is -0.632. The molecule has 2 aromatic rings. The van der Waals surface area contributed by atoms with E-state index < -0.39 is 16.9 Å². The molecule has 31 heavy (non-hydrogen) atoms. The smallest absolute Gasteiger partial charge is 0.348 e. The number of thiocarbonyl (C=S) groups is 1. The first kappa shape index (κ1) is 24.0. The van der Waals surface area contributed by atoms with Crippen molar-refractivity contribution in [2.75, 3.05) is 31.0 Å². The number of nitro groups is 1. The van der Waals surface area contributed by atoms with Crippen LogP contribution in [0.5, 0.6) is 5.75 Å². The number of nitrogens with one attached hydrogen (secondary N) is 2. The van der Waals surface area contributed by atoms with Crippen LogP contribution in [0, 0.1) is 17.0 Å². The largest absolute Gasteiger partial charge is 0.496 e. The maximum absolute atomic E-state index is 12.5. The summed E-state index contributed by atoms with van der Waals surface area (Å²) < 4.78 is 15.1. The molecule has 0 aliphatic carbocycles. The molecule has 0 fully saturated rings. The molecular weight excluding hydrogens is 446 g/mol. The molecule has 166 valence electrons. The molecule has 0 aliphatic heterocycles. The van der Waals surface area contributed by atoms with E-state index in [1.807, 2.05) is 0 Å². The summed E-state index contributed by atoms with van der Waals surface area (Å²) in [4.78, 5) is 35.7. The molecule has 0 atom stereocenters. The summed E-state index contributed by atoms with van der Waals surface area (Å²) in [7, 11) is 1.40. The van der Waals surface area contributed by atoms with E-state index in [-0.39, 0.29) is 45.1 Å². The van der Waals surface area contributed by atoms with Crippen LogP contribution in [-0.2, 0) is 9.47 Å². The number of nitrogens with zero attached hydrogens (tertiary/aromatic N) is 1. The second-order valence-electron chi connectivity index (χ2n) is 5.92. The second kappa shape index (κ2) is 10.7. The zero-order valence-corrected chi connectivity index (χ0v) is 18.9. The first-order chi connectivity index (χ1) is 14.7. The van der Waals surface area contributed by atoms with Gasteiger partial charge in [0.1, 0.15) is 21.3 Å². The van der Waals surface area contributed by atoms with Crippen LogP contribution < -0.4 is 15.4 Å². The third-order valence-electron chi connectivity index (χ3n) is 3.96. The molecule has 0 spiro atoms. The Labute approximate surface area is 187 Å². The standard InChI is InChI=1S/C19H21N3O7S2/c1-5-28-17(23)14-10(3)15(18(24)29-6-2)31-16(14)21-19(30)20-12-8-7-11(27-4)9-13(12)22(25)26/h7-9H,5-6H2,1-4H3,(H2,20,21,30). The van der Waals surface area contributed by atoms with Gasteiger partial charge in [0.15, 0.2) is 5.11 Å². The fourth-order valence-corrected chi connectivity index (χ4v) is 3.96. The normalized spacial score (nSPS) is 10.2. The highest BCUT2D eigenvalue weighted by atomic mass is 32.1. The van der Waals surface area contributed by atoms with Crippen molar-refractivity contribution in [3.05, 3.63) is 44.3 Å². The zero-order chi connectivity index (χ0) is 23.1. The average molecular weight is 468 g/mol. The Morgan fingerprint density at radius 2 is 1.81 bits per heavy atom. The van der Waals surface area contributed by atoms with Gasteiger partial charge in [0.05, 0.1) is 36.9 Å². The van der Waals surface area contributed by atoms with Crippen molar-refractivity contribution < 1.29 is 28.7 Å². The van der Waals surface area contributed by atoms with E-state index in [9.17, 15) is 19.7 Å². The van der Waals surface area contributed by atoms with Crippen LogP contribution >= 0.6 is 23.6 Å². The van der Waals surface area contributed by atoms with Gasteiger partial charge >= 0.3 is 11.9 Å². The predicted molar refractivity (Wildman–Crippen MR) is 120 cm³/mol. The minimum Gasteiger partial charge on any atom is -0.496 e. The number of anilines is 2. The molecule has 10 nitrogen and oxygen atoms in total. The summed E-state index contributed by atoms with van der Waals surface area (Å²) in [5.74, 6) is -0.894. The third-order valence-corrected chi connectivity index (χ3v) is 5.36. The Bertz CT molecular complexity index is 1020. The Kier molecular flexibility index (Phi) is 8.28. The topological polar surface area (TPSA) is 129 Å². The molecule has 2 rings (SSSR count). The van der Waals surface area contributed by atoms with Crippen molar-refractivity contribution in [1.82, 2.24) is 0 Å². The van der Waals surface area contributed by atoms with E-state index >= 15 is 0 Å². The van der Waals surface area contributed by atoms with Crippen molar-refractivity contribution in [3.8, 4) is 5.75 Å². The lowest BCUT2D eigenvalue weighted by Gasteiger charge is -2.12. The molecule has 1 heterocycles.